The Labute approximate surface area is 536 Å². The third-order valence-corrected chi connectivity index (χ3v) is 19.1. The lowest BCUT2D eigenvalue weighted by atomic mass is 9.33. The van der Waals surface area contributed by atoms with Crippen molar-refractivity contribution < 1.29 is 0 Å². The van der Waals surface area contributed by atoms with Crippen LogP contribution in [0.4, 0.5) is 34.1 Å². The van der Waals surface area contributed by atoms with Crippen molar-refractivity contribution >= 4 is 89.8 Å². The first-order valence-corrected chi connectivity index (χ1v) is 31.9. The highest BCUT2D eigenvalue weighted by Crippen LogP contribution is 2.54. The average Bonchev–Trinajstić information content (AvgIpc) is 0.818. The molecule has 0 atom stereocenters. The minimum Gasteiger partial charge on any atom is -0.310 e. The number of hydrogen-bond donors (Lipinski definition) is 0. The quantitative estimate of drug-likeness (QED) is 0.126. The molecular weight excluding hydrogens is 1110 g/mol. The zero-order chi connectivity index (χ0) is 60.6. The predicted octanol–water partition coefficient (Wildman–Crippen LogP) is 21.7. The summed E-state index contributed by atoms with van der Waals surface area (Å²) in [6, 6.07) is 131. The molecular formula is C88H58BN3. The lowest BCUT2D eigenvalue weighted by Gasteiger charge is -2.46. The van der Waals surface area contributed by atoms with Crippen molar-refractivity contribution in [2.24, 2.45) is 0 Å². The summed E-state index contributed by atoms with van der Waals surface area (Å²) in [5.74, 6) is 0. The van der Waals surface area contributed by atoms with Crippen molar-refractivity contribution in [1.29, 1.82) is 0 Å². The average molecular weight is 1170 g/mol. The molecule has 0 spiro atoms. The predicted molar refractivity (Wildman–Crippen MR) is 390 cm³/mol. The summed E-state index contributed by atoms with van der Waals surface area (Å²) < 4.78 is 2.58. The van der Waals surface area contributed by atoms with E-state index in [4.69, 9.17) is 0 Å². The largest absolute Gasteiger partial charge is 0.310 e. The van der Waals surface area contributed by atoms with Crippen molar-refractivity contribution in [3.8, 4) is 83.6 Å². The molecule has 3 heterocycles. The Morgan fingerprint density at radius 3 is 0.978 bits per heavy atom. The number of aromatic nitrogens is 1. The van der Waals surface area contributed by atoms with Crippen LogP contribution < -0.4 is 26.2 Å². The van der Waals surface area contributed by atoms with Crippen LogP contribution in [0.25, 0.3) is 116 Å². The van der Waals surface area contributed by atoms with Gasteiger partial charge in [0.25, 0.3) is 6.71 Å². The molecule has 0 fully saturated rings. The molecule has 15 aromatic carbocycles. The van der Waals surface area contributed by atoms with E-state index in [1.807, 2.05) is 0 Å². The molecule has 4 heteroatoms. The van der Waals surface area contributed by atoms with Crippen molar-refractivity contribution in [3.63, 3.8) is 0 Å². The fourth-order valence-electron chi connectivity index (χ4n) is 15.2. The number of rotatable bonds is 10. The molecule has 18 rings (SSSR count). The van der Waals surface area contributed by atoms with E-state index in [1.54, 1.807) is 0 Å². The highest BCUT2D eigenvalue weighted by Gasteiger charge is 2.46. The maximum atomic E-state index is 2.66. The number of anilines is 6. The Morgan fingerprint density at radius 2 is 0.565 bits per heavy atom. The zero-order valence-corrected chi connectivity index (χ0v) is 50.4. The highest BCUT2D eigenvalue weighted by molar-refractivity contribution is 7.00. The number of fused-ring (bicyclic) bond motifs is 9. The molecule has 3 nitrogen and oxygen atoms in total. The molecule has 0 saturated heterocycles. The van der Waals surface area contributed by atoms with Crippen molar-refractivity contribution in [1.82, 2.24) is 4.57 Å². The van der Waals surface area contributed by atoms with Crippen molar-refractivity contribution in [2.75, 3.05) is 9.80 Å². The summed E-state index contributed by atoms with van der Waals surface area (Å²) >= 11 is 0. The summed E-state index contributed by atoms with van der Waals surface area (Å²) in [7, 11) is 0. The second kappa shape index (κ2) is 22.0. The minimum absolute atomic E-state index is 0.237. The summed E-state index contributed by atoms with van der Waals surface area (Å²) in [6.45, 7) is -0.237. The van der Waals surface area contributed by atoms with Gasteiger partial charge in [-0.2, -0.15) is 0 Å². The van der Waals surface area contributed by atoms with E-state index in [9.17, 15) is 0 Å². The normalized spacial score (nSPS) is 12.3. The van der Waals surface area contributed by atoms with Crippen molar-refractivity contribution in [2.45, 2.75) is 0 Å². The second-order valence-corrected chi connectivity index (χ2v) is 24.2. The van der Waals surface area contributed by atoms with Crippen LogP contribution in [0.15, 0.2) is 352 Å². The van der Waals surface area contributed by atoms with E-state index in [2.05, 4.69) is 366 Å². The van der Waals surface area contributed by atoms with Crippen LogP contribution in [0, 0.1) is 0 Å². The van der Waals surface area contributed by atoms with Gasteiger partial charge in [-0.05, 0) is 119 Å². The topological polar surface area (TPSA) is 11.4 Å². The fourth-order valence-corrected chi connectivity index (χ4v) is 15.2. The Hall–Kier alpha value is -12.0. The van der Waals surface area contributed by atoms with Gasteiger partial charge >= 0.3 is 0 Å². The van der Waals surface area contributed by atoms with Gasteiger partial charge in [-0.3, -0.25) is 0 Å². The molecule has 0 saturated carbocycles. The Morgan fingerprint density at radius 1 is 0.217 bits per heavy atom. The van der Waals surface area contributed by atoms with Crippen LogP contribution in [0.1, 0.15) is 0 Å². The number of benzene rings is 15. The van der Waals surface area contributed by atoms with Crippen LogP contribution >= 0.6 is 0 Å². The van der Waals surface area contributed by atoms with Crippen LogP contribution in [-0.2, 0) is 0 Å². The standard InChI is InChI=1S/C88H58BN3/c1-8-28-59(29-9-1)66-50-52-80-77(54-66)89-78-55-67(60-30-10-2-11-31-60)51-53-81(78)92(88-71(63-36-16-5-17-37-63)47-27-48-72(88)64-38-18-6-19-39-64)84-57-68(56-83(86(84)89)91(80)87-69(61-32-12-3-13-33-61)45-26-46-70(87)62-34-14-4-15-35-62)90-79-49-25-24-44-75(79)85-74-43-23-22-42-73(74)76(58-82(85)90)65-40-20-7-21-41-65/h1-58H. The van der Waals surface area contributed by atoms with Gasteiger partial charge in [-0.25, -0.2) is 0 Å². The van der Waals surface area contributed by atoms with E-state index in [0.29, 0.717) is 0 Å². The van der Waals surface area contributed by atoms with Gasteiger partial charge < -0.3 is 14.4 Å². The van der Waals surface area contributed by atoms with E-state index in [1.165, 1.54) is 71.3 Å². The molecule has 428 valence electrons. The lowest BCUT2D eigenvalue weighted by molar-refractivity contribution is 1.16. The van der Waals surface area contributed by atoms with E-state index >= 15 is 0 Å². The van der Waals surface area contributed by atoms with Gasteiger partial charge in [0.1, 0.15) is 0 Å². The second-order valence-electron chi connectivity index (χ2n) is 24.2. The van der Waals surface area contributed by atoms with E-state index < -0.39 is 0 Å². The summed E-state index contributed by atoms with van der Waals surface area (Å²) in [6.07, 6.45) is 0. The molecule has 0 N–H and O–H groups in total. The first-order chi connectivity index (χ1) is 45.7. The molecule has 2 aliphatic rings. The van der Waals surface area contributed by atoms with Gasteiger partial charge in [0.15, 0.2) is 0 Å². The first-order valence-electron chi connectivity index (χ1n) is 31.9. The van der Waals surface area contributed by atoms with E-state index in [-0.39, 0.29) is 6.71 Å². The Kier molecular flexibility index (Phi) is 12.7. The fraction of sp³-hybridized carbons (Fsp3) is 0. The van der Waals surface area contributed by atoms with Crippen LogP contribution in [0.5, 0.6) is 0 Å². The van der Waals surface area contributed by atoms with Gasteiger partial charge in [0.05, 0.1) is 28.1 Å². The molecule has 2 aliphatic heterocycles. The van der Waals surface area contributed by atoms with E-state index in [0.717, 1.165) is 95.4 Å². The van der Waals surface area contributed by atoms with Crippen LogP contribution in [0.3, 0.4) is 0 Å². The summed E-state index contributed by atoms with van der Waals surface area (Å²) in [5.41, 5.74) is 29.9. The van der Waals surface area contributed by atoms with Gasteiger partial charge in [0, 0.05) is 55.8 Å². The Bertz CT molecular complexity index is 5140. The SMILES string of the molecule is c1ccc(-c2ccc3c(c2)B2c4cc(-c5ccccc5)ccc4N(c4c(-c5ccccc5)cccc4-c4ccccc4)c4cc(-n5c6ccccc6c6c7ccccc7c(-c7ccccc7)cc65)cc(c42)N3c2c(-c3ccccc3)cccc2-c2ccccc2)cc1. The molecule has 0 bridgehead atoms. The first kappa shape index (κ1) is 53.1. The smallest absolute Gasteiger partial charge is 0.252 e. The molecule has 0 amide bonds. The minimum atomic E-state index is -0.237. The summed E-state index contributed by atoms with van der Waals surface area (Å²) in [5, 5.41) is 4.88. The van der Waals surface area contributed by atoms with Gasteiger partial charge in [0.2, 0.25) is 0 Å². The number of nitrogens with zero attached hydrogens (tertiary/aromatic N) is 3. The molecule has 0 unspecified atom stereocenters. The summed E-state index contributed by atoms with van der Waals surface area (Å²) in [4.78, 5) is 5.33. The Balaban J connectivity index is 1.05. The highest BCUT2D eigenvalue weighted by atomic mass is 15.2. The monoisotopic (exact) mass is 1170 g/mol. The van der Waals surface area contributed by atoms with Crippen molar-refractivity contribution in [3.05, 3.63) is 352 Å². The molecule has 92 heavy (non-hydrogen) atoms. The number of para-hydroxylation sites is 3. The maximum absolute atomic E-state index is 2.66. The van der Waals surface area contributed by atoms with Gasteiger partial charge in [-0.1, -0.05) is 315 Å². The third kappa shape index (κ3) is 8.60. The molecule has 0 aliphatic carbocycles. The maximum Gasteiger partial charge on any atom is 0.252 e. The van der Waals surface area contributed by atoms with Gasteiger partial charge in [-0.15, -0.1) is 0 Å². The van der Waals surface area contributed by atoms with Crippen LogP contribution in [0.2, 0.25) is 0 Å². The molecule has 0 radical (unpaired) electrons. The third-order valence-electron chi connectivity index (χ3n) is 19.1. The molecule has 16 aromatic rings. The molecule has 1 aromatic heterocycles. The number of hydrogen-bond acceptors (Lipinski definition) is 2. The van der Waals surface area contributed by atoms with Crippen LogP contribution in [-0.4, -0.2) is 11.3 Å². The lowest BCUT2D eigenvalue weighted by Crippen LogP contribution is -2.61. The zero-order valence-electron chi connectivity index (χ0n) is 50.4.